The van der Waals surface area contributed by atoms with Gasteiger partial charge in [-0.1, -0.05) is 67.6 Å². The zero-order valence-corrected chi connectivity index (χ0v) is 15.7. The molecule has 0 aliphatic carbocycles. The van der Waals surface area contributed by atoms with E-state index in [9.17, 15) is 5.11 Å². The molecule has 1 unspecified atom stereocenters. The van der Waals surface area contributed by atoms with Gasteiger partial charge in [0.05, 0.1) is 36.1 Å². The second kappa shape index (κ2) is 8.15. The van der Waals surface area contributed by atoms with Crippen LogP contribution >= 0.6 is 0 Å². The van der Waals surface area contributed by atoms with Crippen molar-refractivity contribution < 1.29 is 5.11 Å². The third-order valence-electron chi connectivity index (χ3n) is 4.70. The molecule has 0 aliphatic rings. The second-order valence-electron chi connectivity index (χ2n) is 6.60. The SMILES string of the molecule is CCc1nccc(-c2c(-c3ccccc3)ncn2CC(O)c2ccccc2)n1. The molecular weight excluding hydrogens is 348 g/mol. The summed E-state index contributed by atoms with van der Waals surface area (Å²) in [7, 11) is 0. The summed E-state index contributed by atoms with van der Waals surface area (Å²) >= 11 is 0. The molecule has 28 heavy (non-hydrogen) atoms. The van der Waals surface area contributed by atoms with Crippen LogP contribution in [-0.2, 0) is 13.0 Å². The van der Waals surface area contributed by atoms with E-state index in [1.54, 1.807) is 12.5 Å². The van der Waals surface area contributed by atoms with Gasteiger partial charge < -0.3 is 9.67 Å². The Morgan fingerprint density at radius 1 is 0.929 bits per heavy atom. The highest BCUT2D eigenvalue weighted by Crippen LogP contribution is 2.31. The predicted molar refractivity (Wildman–Crippen MR) is 109 cm³/mol. The summed E-state index contributed by atoms with van der Waals surface area (Å²) in [6.45, 7) is 2.43. The summed E-state index contributed by atoms with van der Waals surface area (Å²) in [4.78, 5) is 13.7. The first-order valence-electron chi connectivity index (χ1n) is 9.42. The van der Waals surface area contributed by atoms with Gasteiger partial charge in [0.25, 0.3) is 0 Å². The summed E-state index contributed by atoms with van der Waals surface area (Å²) in [5.41, 5.74) is 4.44. The Hall–Kier alpha value is -3.31. The fourth-order valence-electron chi connectivity index (χ4n) is 3.26. The lowest BCUT2D eigenvalue weighted by molar-refractivity contribution is 0.157. The minimum Gasteiger partial charge on any atom is -0.387 e. The first-order chi connectivity index (χ1) is 13.8. The number of aliphatic hydroxyl groups is 1. The van der Waals surface area contributed by atoms with Crippen LogP contribution < -0.4 is 0 Å². The molecule has 0 bridgehead atoms. The molecule has 0 aliphatic heterocycles. The van der Waals surface area contributed by atoms with Crippen molar-refractivity contribution in [1.82, 2.24) is 19.5 Å². The van der Waals surface area contributed by atoms with Gasteiger partial charge in [0.1, 0.15) is 5.82 Å². The Bertz CT molecular complexity index is 1040. The first kappa shape index (κ1) is 18.1. The Balaban J connectivity index is 1.79. The van der Waals surface area contributed by atoms with E-state index in [1.807, 2.05) is 78.2 Å². The fraction of sp³-hybridized carbons (Fsp3) is 0.174. The van der Waals surface area contributed by atoms with Crippen molar-refractivity contribution in [1.29, 1.82) is 0 Å². The number of rotatable bonds is 6. The zero-order valence-electron chi connectivity index (χ0n) is 15.7. The molecule has 2 aromatic carbocycles. The van der Waals surface area contributed by atoms with E-state index in [1.165, 1.54) is 0 Å². The van der Waals surface area contributed by atoms with Crippen molar-refractivity contribution in [2.75, 3.05) is 0 Å². The van der Waals surface area contributed by atoms with Crippen LogP contribution in [0.25, 0.3) is 22.6 Å². The monoisotopic (exact) mass is 370 g/mol. The summed E-state index contributed by atoms with van der Waals surface area (Å²) < 4.78 is 1.97. The van der Waals surface area contributed by atoms with E-state index in [0.29, 0.717) is 6.54 Å². The van der Waals surface area contributed by atoms with Crippen molar-refractivity contribution >= 4 is 0 Å². The molecule has 140 valence electrons. The van der Waals surface area contributed by atoms with Crippen LogP contribution in [-0.4, -0.2) is 24.6 Å². The van der Waals surface area contributed by atoms with Crippen molar-refractivity contribution in [3.63, 3.8) is 0 Å². The highest BCUT2D eigenvalue weighted by atomic mass is 16.3. The molecule has 5 heteroatoms. The fourth-order valence-corrected chi connectivity index (χ4v) is 3.26. The molecule has 0 saturated carbocycles. The lowest BCUT2D eigenvalue weighted by atomic mass is 10.1. The number of hydrogen-bond acceptors (Lipinski definition) is 4. The normalized spacial score (nSPS) is 12.1. The molecule has 0 saturated heterocycles. The van der Waals surface area contributed by atoms with Crippen molar-refractivity contribution in [2.45, 2.75) is 26.0 Å². The summed E-state index contributed by atoms with van der Waals surface area (Å²) in [6.07, 6.45) is 3.68. The van der Waals surface area contributed by atoms with Crippen molar-refractivity contribution in [2.24, 2.45) is 0 Å². The Labute approximate surface area is 164 Å². The van der Waals surface area contributed by atoms with Gasteiger partial charge in [-0.15, -0.1) is 0 Å². The predicted octanol–water partition coefficient (Wildman–Crippen LogP) is 4.30. The van der Waals surface area contributed by atoms with Gasteiger partial charge in [-0.2, -0.15) is 0 Å². The molecule has 4 aromatic rings. The number of nitrogens with zero attached hydrogens (tertiary/aromatic N) is 4. The van der Waals surface area contributed by atoms with E-state index in [0.717, 1.165) is 40.5 Å². The molecule has 1 atom stereocenters. The molecule has 0 fully saturated rings. The van der Waals surface area contributed by atoms with Crippen molar-refractivity contribution in [3.05, 3.63) is 90.6 Å². The van der Waals surface area contributed by atoms with Crippen LogP contribution in [0.5, 0.6) is 0 Å². The van der Waals surface area contributed by atoms with Crippen LogP contribution in [0, 0.1) is 0 Å². The molecule has 0 radical (unpaired) electrons. The van der Waals surface area contributed by atoms with Crippen LogP contribution in [0.3, 0.4) is 0 Å². The smallest absolute Gasteiger partial charge is 0.128 e. The molecule has 1 N–H and O–H groups in total. The maximum absolute atomic E-state index is 10.7. The molecule has 2 heterocycles. The Morgan fingerprint density at radius 2 is 1.64 bits per heavy atom. The van der Waals surface area contributed by atoms with Gasteiger partial charge in [0.15, 0.2) is 0 Å². The highest BCUT2D eigenvalue weighted by Gasteiger charge is 2.19. The molecule has 2 aromatic heterocycles. The van der Waals surface area contributed by atoms with Crippen LogP contribution in [0.4, 0.5) is 0 Å². The minimum atomic E-state index is -0.634. The summed E-state index contributed by atoms with van der Waals surface area (Å²) in [6, 6.07) is 21.6. The number of aliphatic hydroxyl groups excluding tert-OH is 1. The van der Waals surface area contributed by atoms with Gasteiger partial charge in [0.2, 0.25) is 0 Å². The first-order valence-corrected chi connectivity index (χ1v) is 9.42. The van der Waals surface area contributed by atoms with Gasteiger partial charge in [-0.05, 0) is 11.6 Å². The number of hydrogen-bond donors (Lipinski definition) is 1. The quantitative estimate of drug-likeness (QED) is 0.549. The van der Waals surface area contributed by atoms with Gasteiger partial charge in [0, 0.05) is 18.2 Å². The largest absolute Gasteiger partial charge is 0.387 e. The summed E-state index contributed by atoms with van der Waals surface area (Å²) in [5, 5.41) is 10.7. The van der Waals surface area contributed by atoms with E-state index < -0.39 is 6.10 Å². The molecule has 5 nitrogen and oxygen atoms in total. The van der Waals surface area contributed by atoms with Crippen molar-refractivity contribution in [3.8, 4) is 22.6 Å². The van der Waals surface area contributed by atoms with E-state index in [-0.39, 0.29) is 0 Å². The number of aryl methyl sites for hydroxylation is 1. The van der Waals surface area contributed by atoms with Gasteiger partial charge in [-0.25, -0.2) is 15.0 Å². The molecular formula is C23H22N4O. The molecule has 4 rings (SSSR count). The van der Waals surface area contributed by atoms with E-state index in [2.05, 4.69) is 9.97 Å². The average molecular weight is 370 g/mol. The lowest BCUT2D eigenvalue weighted by Gasteiger charge is -2.15. The second-order valence-corrected chi connectivity index (χ2v) is 6.60. The van der Waals surface area contributed by atoms with Crippen LogP contribution in [0.1, 0.15) is 24.4 Å². The zero-order chi connectivity index (χ0) is 19.3. The maximum Gasteiger partial charge on any atom is 0.128 e. The van der Waals surface area contributed by atoms with E-state index in [4.69, 9.17) is 4.98 Å². The molecule has 0 spiro atoms. The number of imidazole rings is 1. The van der Waals surface area contributed by atoms with E-state index >= 15 is 0 Å². The number of benzene rings is 2. The summed E-state index contributed by atoms with van der Waals surface area (Å²) in [5.74, 6) is 0.785. The Kier molecular flexibility index (Phi) is 5.26. The number of aromatic nitrogens is 4. The lowest BCUT2D eigenvalue weighted by Crippen LogP contribution is -2.10. The van der Waals surface area contributed by atoms with Crippen LogP contribution in [0.15, 0.2) is 79.3 Å². The standard InChI is InChI=1S/C23H22N4O/c1-2-21-24-14-13-19(26-21)23-22(18-11-7-4-8-12-18)25-16-27(23)15-20(28)17-9-5-3-6-10-17/h3-14,16,20,28H,2,15H2,1H3. The van der Waals surface area contributed by atoms with Gasteiger partial charge >= 0.3 is 0 Å². The topological polar surface area (TPSA) is 63.8 Å². The third kappa shape index (κ3) is 3.70. The minimum absolute atomic E-state index is 0.393. The Morgan fingerprint density at radius 3 is 2.36 bits per heavy atom. The molecule has 0 amide bonds. The van der Waals surface area contributed by atoms with Gasteiger partial charge in [-0.3, -0.25) is 0 Å². The maximum atomic E-state index is 10.7. The highest BCUT2D eigenvalue weighted by molar-refractivity contribution is 5.76. The average Bonchev–Trinajstić information content (AvgIpc) is 3.18. The van der Waals surface area contributed by atoms with Crippen LogP contribution in [0.2, 0.25) is 0 Å². The third-order valence-corrected chi connectivity index (χ3v) is 4.70.